The van der Waals surface area contributed by atoms with E-state index in [1.54, 1.807) is 26.2 Å². The Hall–Kier alpha value is -1.93. The quantitative estimate of drug-likeness (QED) is 0.871. The van der Waals surface area contributed by atoms with Crippen molar-refractivity contribution in [1.29, 1.82) is 0 Å². The third-order valence-corrected chi connectivity index (χ3v) is 5.62. The average Bonchev–Trinajstić information content (AvgIpc) is 2.99. The fourth-order valence-corrected chi connectivity index (χ4v) is 3.72. The summed E-state index contributed by atoms with van der Waals surface area (Å²) in [6.07, 6.45) is 1.35. The van der Waals surface area contributed by atoms with Crippen LogP contribution in [0.2, 0.25) is 0 Å². The van der Waals surface area contributed by atoms with Gasteiger partial charge in [0.05, 0.1) is 18.6 Å². The van der Waals surface area contributed by atoms with E-state index < -0.39 is 10.0 Å². The molecule has 0 spiro atoms. The molecule has 0 atom stereocenters. The Balaban J connectivity index is 2.44. The van der Waals surface area contributed by atoms with E-state index in [9.17, 15) is 8.42 Å². The maximum absolute atomic E-state index is 12.9. The van der Waals surface area contributed by atoms with Gasteiger partial charge in [0.2, 0.25) is 10.0 Å². The lowest BCUT2D eigenvalue weighted by molar-refractivity contribution is 0.406. The van der Waals surface area contributed by atoms with Gasteiger partial charge in [0.15, 0.2) is 0 Å². The molecule has 2 aromatic rings. The van der Waals surface area contributed by atoms with Gasteiger partial charge in [-0.25, -0.2) is 13.4 Å². The lowest BCUT2D eigenvalue weighted by atomic mass is 10.0. The van der Waals surface area contributed by atoms with Gasteiger partial charge in [-0.3, -0.25) is 5.10 Å². The Bertz CT molecular complexity index is 770. The Kier molecular flexibility index (Phi) is 5.06. The van der Waals surface area contributed by atoms with Gasteiger partial charge in [0.25, 0.3) is 0 Å². The first kappa shape index (κ1) is 17.4. The number of methoxy groups -OCH3 is 1. The highest BCUT2D eigenvalue weighted by molar-refractivity contribution is 7.89. The van der Waals surface area contributed by atoms with Gasteiger partial charge < -0.3 is 4.74 Å². The van der Waals surface area contributed by atoms with Gasteiger partial charge in [-0.1, -0.05) is 13.8 Å². The Morgan fingerprint density at radius 2 is 2.04 bits per heavy atom. The average molecular weight is 338 g/mol. The minimum atomic E-state index is -3.64. The van der Waals surface area contributed by atoms with E-state index in [2.05, 4.69) is 15.2 Å². The number of H-pyrrole nitrogens is 1. The van der Waals surface area contributed by atoms with Crippen LogP contribution in [0.4, 0.5) is 0 Å². The second-order valence-electron chi connectivity index (χ2n) is 5.71. The molecule has 0 aliphatic rings. The highest BCUT2D eigenvalue weighted by atomic mass is 32.2. The van der Waals surface area contributed by atoms with E-state index in [1.165, 1.54) is 17.7 Å². The van der Waals surface area contributed by atoms with Crippen LogP contribution in [-0.2, 0) is 16.6 Å². The topological polar surface area (TPSA) is 88.2 Å². The minimum absolute atomic E-state index is 0.130. The van der Waals surface area contributed by atoms with Crippen LogP contribution in [0.25, 0.3) is 0 Å². The number of nitrogens with one attached hydrogen (secondary N) is 1. The van der Waals surface area contributed by atoms with Crippen LogP contribution < -0.4 is 4.74 Å². The number of benzene rings is 1. The van der Waals surface area contributed by atoms with Crippen molar-refractivity contribution >= 4 is 10.0 Å². The zero-order valence-corrected chi connectivity index (χ0v) is 14.8. The molecular weight excluding hydrogens is 316 g/mol. The molecule has 0 aliphatic heterocycles. The normalized spacial score (nSPS) is 12.1. The maximum Gasteiger partial charge on any atom is 0.243 e. The molecular formula is C15H22N4O3S. The second kappa shape index (κ2) is 6.67. The van der Waals surface area contributed by atoms with Gasteiger partial charge >= 0.3 is 0 Å². The number of hydrogen-bond donors (Lipinski definition) is 1. The molecule has 8 heteroatoms. The lowest BCUT2D eigenvalue weighted by Gasteiger charge is -2.20. The summed E-state index contributed by atoms with van der Waals surface area (Å²) in [6.45, 7) is 5.90. The first-order valence-corrected chi connectivity index (χ1v) is 8.70. The van der Waals surface area contributed by atoms with Crippen molar-refractivity contribution in [1.82, 2.24) is 19.5 Å². The number of nitrogens with zero attached hydrogens (tertiary/aromatic N) is 3. The van der Waals surface area contributed by atoms with E-state index in [-0.39, 0.29) is 17.4 Å². The van der Waals surface area contributed by atoms with E-state index in [4.69, 9.17) is 4.74 Å². The highest BCUT2D eigenvalue weighted by Crippen LogP contribution is 2.32. The molecule has 0 fully saturated rings. The summed E-state index contributed by atoms with van der Waals surface area (Å²) in [5, 5.41) is 6.40. The number of rotatable bonds is 6. The largest absolute Gasteiger partial charge is 0.496 e. The van der Waals surface area contributed by atoms with E-state index in [0.717, 1.165) is 5.56 Å². The summed E-state index contributed by atoms with van der Waals surface area (Å²) in [6, 6.07) is 3.47. The summed E-state index contributed by atoms with van der Waals surface area (Å²) in [5.74, 6) is 1.35. The van der Waals surface area contributed by atoms with Crippen LogP contribution in [0.1, 0.15) is 36.7 Å². The number of aromatic nitrogens is 3. The molecule has 7 nitrogen and oxygen atoms in total. The van der Waals surface area contributed by atoms with Crippen molar-refractivity contribution in [3.8, 4) is 5.75 Å². The van der Waals surface area contributed by atoms with Crippen LogP contribution in [0.3, 0.4) is 0 Å². The first-order chi connectivity index (χ1) is 10.8. The van der Waals surface area contributed by atoms with Crippen molar-refractivity contribution in [2.45, 2.75) is 38.1 Å². The van der Waals surface area contributed by atoms with Gasteiger partial charge in [-0.15, -0.1) is 0 Å². The summed E-state index contributed by atoms with van der Waals surface area (Å²) >= 11 is 0. The molecule has 2 rings (SSSR count). The van der Waals surface area contributed by atoms with Crippen molar-refractivity contribution < 1.29 is 13.2 Å². The molecule has 0 aliphatic carbocycles. The lowest BCUT2D eigenvalue weighted by Crippen LogP contribution is -2.27. The van der Waals surface area contributed by atoms with Crippen molar-refractivity contribution in [3.05, 3.63) is 35.4 Å². The second-order valence-corrected chi connectivity index (χ2v) is 7.72. The molecule has 0 saturated heterocycles. The molecule has 126 valence electrons. The molecule has 0 unspecified atom stereocenters. The van der Waals surface area contributed by atoms with Crippen molar-refractivity contribution in [2.75, 3.05) is 14.2 Å². The Morgan fingerprint density at radius 3 is 2.57 bits per heavy atom. The molecule has 23 heavy (non-hydrogen) atoms. The van der Waals surface area contributed by atoms with Crippen LogP contribution in [0.15, 0.2) is 23.4 Å². The van der Waals surface area contributed by atoms with Gasteiger partial charge in [0.1, 0.15) is 17.9 Å². The highest BCUT2D eigenvalue weighted by Gasteiger charge is 2.26. The van der Waals surface area contributed by atoms with E-state index in [1.807, 2.05) is 13.8 Å². The van der Waals surface area contributed by atoms with Gasteiger partial charge in [-0.05, 0) is 36.1 Å². The van der Waals surface area contributed by atoms with E-state index >= 15 is 0 Å². The van der Waals surface area contributed by atoms with Crippen LogP contribution in [0, 0.1) is 6.92 Å². The standard InChI is InChI=1S/C15H22N4O3S/c1-10(2)12-7-14(11(3)6-13(12)22-5)23(20,21)19(4)8-15-16-9-17-18-15/h6-7,9-10H,8H2,1-5H3,(H,16,17,18). The number of aryl methyl sites for hydroxylation is 1. The SMILES string of the molecule is COc1cc(C)c(S(=O)(=O)N(C)Cc2ncn[nH]2)cc1C(C)C. The first-order valence-electron chi connectivity index (χ1n) is 7.26. The summed E-state index contributed by atoms with van der Waals surface area (Å²) in [7, 11) is -0.524. The molecule has 1 aromatic carbocycles. The number of ether oxygens (including phenoxy) is 1. The summed E-state index contributed by atoms with van der Waals surface area (Å²) < 4.78 is 32.4. The zero-order valence-electron chi connectivity index (χ0n) is 14.0. The minimum Gasteiger partial charge on any atom is -0.496 e. The third kappa shape index (κ3) is 3.53. The van der Waals surface area contributed by atoms with Crippen molar-refractivity contribution in [3.63, 3.8) is 0 Å². The molecule has 1 N–H and O–H groups in total. The van der Waals surface area contributed by atoms with Crippen LogP contribution in [0.5, 0.6) is 5.75 Å². The molecule has 0 saturated carbocycles. The number of sulfonamides is 1. The van der Waals surface area contributed by atoms with Crippen LogP contribution >= 0.6 is 0 Å². The molecule has 0 radical (unpaired) electrons. The van der Waals surface area contributed by atoms with E-state index in [0.29, 0.717) is 17.1 Å². The monoisotopic (exact) mass is 338 g/mol. The smallest absolute Gasteiger partial charge is 0.243 e. The van der Waals surface area contributed by atoms with Gasteiger partial charge in [0, 0.05) is 7.05 Å². The summed E-state index contributed by atoms with van der Waals surface area (Å²) in [4.78, 5) is 4.25. The van der Waals surface area contributed by atoms with Crippen LogP contribution in [-0.4, -0.2) is 42.1 Å². The molecule has 0 amide bonds. The number of aromatic amines is 1. The fraction of sp³-hybridized carbons (Fsp3) is 0.467. The van der Waals surface area contributed by atoms with Crippen molar-refractivity contribution in [2.24, 2.45) is 0 Å². The molecule has 0 bridgehead atoms. The molecule has 1 heterocycles. The Morgan fingerprint density at radius 1 is 1.35 bits per heavy atom. The fourth-order valence-electron chi connectivity index (χ4n) is 2.35. The third-order valence-electron chi connectivity index (χ3n) is 3.67. The zero-order chi connectivity index (χ0) is 17.2. The predicted molar refractivity (Wildman–Crippen MR) is 86.9 cm³/mol. The molecule has 1 aromatic heterocycles. The number of hydrogen-bond acceptors (Lipinski definition) is 5. The maximum atomic E-state index is 12.9. The Labute approximate surface area is 136 Å². The predicted octanol–water partition coefficient (Wildman–Crippen LogP) is 2.07. The summed E-state index contributed by atoms with van der Waals surface area (Å²) in [5.41, 5.74) is 1.51. The van der Waals surface area contributed by atoms with Gasteiger partial charge in [-0.2, -0.15) is 9.40 Å².